The van der Waals surface area contributed by atoms with Crippen molar-refractivity contribution in [3.63, 3.8) is 0 Å². The maximum Gasteiger partial charge on any atom is 0.216 e. The molecule has 0 aliphatic carbocycles. The topological polar surface area (TPSA) is 82.3 Å². The minimum Gasteiger partial charge on any atom is -0.461 e. The Kier molecular flexibility index (Phi) is 7.46. The van der Waals surface area contributed by atoms with Crippen molar-refractivity contribution >= 4 is 41.5 Å². The predicted octanol–water partition coefficient (Wildman–Crippen LogP) is 3.54. The van der Waals surface area contributed by atoms with E-state index in [1.165, 1.54) is 0 Å². The lowest BCUT2D eigenvalue weighted by atomic mass is 10.2. The largest absolute Gasteiger partial charge is 0.461 e. The van der Waals surface area contributed by atoms with Crippen molar-refractivity contribution in [1.29, 1.82) is 0 Å². The molecule has 0 bridgehead atoms. The summed E-state index contributed by atoms with van der Waals surface area (Å²) in [5.41, 5.74) is 1.11. The van der Waals surface area contributed by atoms with Crippen LogP contribution < -0.4 is 5.32 Å². The lowest BCUT2D eigenvalue weighted by Crippen LogP contribution is -2.38. The minimum absolute atomic E-state index is 0. The highest BCUT2D eigenvalue weighted by Gasteiger charge is 2.11. The first-order valence-electron chi connectivity index (χ1n) is 7.77. The third-order valence-electron chi connectivity index (χ3n) is 3.57. The van der Waals surface area contributed by atoms with Gasteiger partial charge in [-0.1, -0.05) is 23.7 Å². The van der Waals surface area contributed by atoms with Crippen LogP contribution in [0.2, 0.25) is 5.02 Å². The summed E-state index contributed by atoms with van der Waals surface area (Å²) >= 11 is 6.04. The van der Waals surface area contributed by atoms with E-state index in [0.717, 1.165) is 16.5 Å². The van der Waals surface area contributed by atoms with Crippen LogP contribution in [-0.2, 0) is 13.1 Å². The van der Waals surface area contributed by atoms with Crippen molar-refractivity contribution in [2.75, 3.05) is 14.1 Å². The van der Waals surface area contributed by atoms with Crippen LogP contribution >= 0.6 is 35.6 Å². The third kappa shape index (κ3) is 5.21. The maximum absolute atomic E-state index is 6.04. The molecule has 3 aromatic rings. The number of hydrogen-bond acceptors (Lipinski definition) is 4. The zero-order valence-corrected chi connectivity index (χ0v) is 17.5. The minimum atomic E-state index is 0. The Morgan fingerprint density at radius 3 is 2.88 bits per heavy atom. The molecule has 26 heavy (non-hydrogen) atoms. The first-order valence-corrected chi connectivity index (χ1v) is 8.15. The number of furan rings is 1. The summed E-state index contributed by atoms with van der Waals surface area (Å²) in [6.07, 6.45) is 1.59. The van der Waals surface area contributed by atoms with Crippen molar-refractivity contribution in [2.24, 2.45) is 4.99 Å². The Hall–Kier alpha value is -2.07. The van der Waals surface area contributed by atoms with Gasteiger partial charge < -0.3 is 14.6 Å². The highest BCUT2D eigenvalue weighted by Crippen LogP contribution is 2.14. The Morgan fingerprint density at radius 1 is 1.35 bits per heavy atom. The second-order valence-corrected chi connectivity index (χ2v) is 5.91. The SMILES string of the molecule is CN=C(NCc1nc(-c2ccco2)n[nH]1)N(C)Cc1cccc(Cl)c1.I. The van der Waals surface area contributed by atoms with E-state index in [2.05, 4.69) is 25.5 Å². The van der Waals surface area contributed by atoms with Gasteiger partial charge in [0.1, 0.15) is 5.82 Å². The van der Waals surface area contributed by atoms with Gasteiger partial charge in [0.2, 0.25) is 5.82 Å². The standard InChI is InChI=1S/C17H19ClN6O.HI/c1-19-17(24(2)11-12-5-3-6-13(18)9-12)20-10-15-21-16(23-22-15)14-7-4-8-25-14;/h3-9H,10-11H2,1-2H3,(H,19,20)(H,21,22,23);1H. The van der Waals surface area contributed by atoms with E-state index in [1.54, 1.807) is 19.4 Å². The molecule has 0 aliphatic rings. The molecule has 0 saturated heterocycles. The number of H-pyrrole nitrogens is 1. The molecule has 0 fully saturated rings. The summed E-state index contributed by atoms with van der Waals surface area (Å²) in [6.45, 7) is 1.16. The summed E-state index contributed by atoms with van der Waals surface area (Å²) < 4.78 is 5.29. The molecule has 0 radical (unpaired) electrons. The number of halogens is 2. The normalized spacial score (nSPS) is 11.1. The molecule has 9 heteroatoms. The monoisotopic (exact) mass is 486 g/mol. The molecular formula is C17H20ClIN6O. The van der Waals surface area contributed by atoms with Gasteiger partial charge in [0.05, 0.1) is 12.8 Å². The number of aromatic amines is 1. The fraction of sp³-hybridized carbons (Fsp3) is 0.235. The van der Waals surface area contributed by atoms with Crippen molar-refractivity contribution in [2.45, 2.75) is 13.1 Å². The number of guanidine groups is 1. The number of aliphatic imine (C=N–C) groups is 1. The summed E-state index contributed by atoms with van der Waals surface area (Å²) in [6, 6.07) is 11.4. The van der Waals surface area contributed by atoms with E-state index >= 15 is 0 Å². The van der Waals surface area contributed by atoms with E-state index in [9.17, 15) is 0 Å². The number of nitrogens with one attached hydrogen (secondary N) is 2. The zero-order chi connectivity index (χ0) is 17.6. The Labute approximate surface area is 173 Å². The Morgan fingerprint density at radius 2 is 2.19 bits per heavy atom. The van der Waals surface area contributed by atoms with Crippen LogP contribution in [0, 0.1) is 0 Å². The van der Waals surface area contributed by atoms with E-state index < -0.39 is 0 Å². The molecule has 2 N–H and O–H groups in total. The van der Waals surface area contributed by atoms with Crippen LogP contribution in [0.1, 0.15) is 11.4 Å². The van der Waals surface area contributed by atoms with Gasteiger partial charge in [-0.2, -0.15) is 0 Å². The highest BCUT2D eigenvalue weighted by atomic mass is 127. The van der Waals surface area contributed by atoms with E-state index in [1.807, 2.05) is 42.3 Å². The van der Waals surface area contributed by atoms with Crippen LogP contribution in [0.3, 0.4) is 0 Å². The van der Waals surface area contributed by atoms with Gasteiger partial charge >= 0.3 is 0 Å². The molecular weight excluding hydrogens is 467 g/mol. The van der Waals surface area contributed by atoms with E-state index in [4.69, 9.17) is 16.0 Å². The number of nitrogens with zero attached hydrogens (tertiary/aromatic N) is 4. The van der Waals surface area contributed by atoms with Gasteiger partial charge in [-0.05, 0) is 29.8 Å². The van der Waals surface area contributed by atoms with Gasteiger partial charge in [0, 0.05) is 25.7 Å². The first-order chi connectivity index (χ1) is 12.2. The smallest absolute Gasteiger partial charge is 0.216 e. The lowest BCUT2D eigenvalue weighted by molar-refractivity contribution is 0.475. The highest BCUT2D eigenvalue weighted by molar-refractivity contribution is 14.0. The lowest BCUT2D eigenvalue weighted by Gasteiger charge is -2.21. The van der Waals surface area contributed by atoms with Crippen LogP contribution in [0.5, 0.6) is 0 Å². The molecule has 1 aromatic carbocycles. The van der Waals surface area contributed by atoms with Crippen molar-refractivity contribution in [3.05, 3.63) is 59.1 Å². The molecule has 2 heterocycles. The zero-order valence-electron chi connectivity index (χ0n) is 14.4. The average molecular weight is 487 g/mol. The Bertz CT molecular complexity index is 849. The molecule has 0 saturated carbocycles. The van der Waals surface area contributed by atoms with Crippen LogP contribution in [0.15, 0.2) is 52.1 Å². The quantitative estimate of drug-likeness (QED) is 0.327. The average Bonchev–Trinajstić information content (AvgIpc) is 3.27. The molecule has 0 aliphatic heterocycles. The summed E-state index contributed by atoms with van der Waals surface area (Å²) in [5, 5.41) is 11.0. The van der Waals surface area contributed by atoms with Gasteiger partial charge in [-0.25, -0.2) is 4.98 Å². The van der Waals surface area contributed by atoms with Gasteiger partial charge in [-0.3, -0.25) is 10.1 Å². The van der Waals surface area contributed by atoms with Crippen molar-refractivity contribution < 1.29 is 4.42 Å². The fourth-order valence-corrected chi connectivity index (χ4v) is 2.63. The first kappa shape index (κ1) is 20.2. The summed E-state index contributed by atoms with van der Waals surface area (Å²) in [7, 11) is 3.70. The Balaban J connectivity index is 0.00000243. The van der Waals surface area contributed by atoms with Crippen LogP contribution in [0.4, 0.5) is 0 Å². The van der Waals surface area contributed by atoms with E-state index in [-0.39, 0.29) is 24.0 Å². The second kappa shape index (κ2) is 9.58. The number of hydrogen-bond donors (Lipinski definition) is 2. The molecule has 7 nitrogen and oxygen atoms in total. The second-order valence-electron chi connectivity index (χ2n) is 5.47. The molecule has 0 amide bonds. The molecule has 0 spiro atoms. The van der Waals surface area contributed by atoms with Gasteiger partial charge in [0.15, 0.2) is 11.7 Å². The van der Waals surface area contributed by atoms with Crippen LogP contribution in [0.25, 0.3) is 11.6 Å². The maximum atomic E-state index is 6.04. The van der Waals surface area contributed by atoms with Crippen molar-refractivity contribution in [1.82, 2.24) is 25.4 Å². The summed E-state index contributed by atoms with van der Waals surface area (Å²) in [4.78, 5) is 10.7. The van der Waals surface area contributed by atoms with Gasteiger partial charge in [0.25, 0.3) is 0 Å². The molecule has 0 unspecified atom stereocenters. The van der Waals surface area contributed by atoms with E-state index in [0.29, 0.717) is 30.5 Å². The third-order valence-corrected chi connectivity index (χ3v) is 3.80. The summed E-state index contributed by atoms with van der Waals surface area (Å²) in [5.74, 6) is 2.61. The van der Waals surface area contributed by atoms with Gasteiger partial charge in [-0.15, -0.1) is 29.1 Å². The molecule has 3 rings (SSSR count). The number of aromatic nitrogens is 3. The number of rotatable bonds is 5. The fourth-order valence-electron chi connectivity index (χ4n) is 2.42. The number of benzene rings is 1. The molecule has 138 valence electrons. The van der Waals surface area contributed by atoms with Crippen molar-refractivity contribution in [3.8, 4) is 11.6 Å². The predicted molar refractivity (Wildman–Crippen MR) is 113 cm³/mol. The van der Waals surface area contributed by atoms with Crippen LogP contribution in [-0.4, -0.2) is 40.1 Å². The molecule has 2 aromatic heterocycles. The molecule has 0 atom stereocenters.